The van der Waals surface area contributed by atoms with Crippen LogP contribution in [0.25, 0.3) is 22.4 Å². The number of fused-ring (bicyclic) bond motifs is 1. The maximum atomic E-state index is 13.4. The highest BCUT2D eigenvalue weighted by Gasteiger charge is 2.09. The van der Waals surface area contributed by atoms with Crippen molar-refractivity contribution in [2.24, 2.45) is 0 Å². The predicted octanol–water partition coefficient (Wildman–Crippen LogP) is 2.58. The maximum absolute atomic E-state index is 13.4. The molecule has 0 fully saturated rings. The Morgan fingerprint density at radius 1 is 1.21 bits per heavy atom. The van der Waals surface area contributed by atoms with Gasteiger partial charge in [-0.3, -0.25) is 4.79 Å². The van der Waals surface area contributed by atoms with Gasteiger partial charge in [0, 0.05) is 17.8 Å². The Bertz CT molecular complexity index is 827. The van der Waals surface area contributed by atoms with E-state index in [4.69, 9.17) is 10.2 Å². The van der Waals surface area contributed by atoms with Gasteiger partial charge in [0.15, 0.2) is 11.1 Å². The minimum atomic E-state index is -0.550. The molecule has 2 aromatic heterocycles. The number of nitrogens with two attached hydrogens (primary N) is 1. The molecule has 0 saturated heterocycles. The molecule has 94 valence electrons. The number of halogens is 1. The van der Waals surface area contributed by atoms with Crippen LogP contribution < -0.4 is 11.2 Å². The summed E-state index contributed by atoms with van der Waals surface area (Å²) in [6.07, 6.45) is 1.52. The minimum absolute atomic E-state index is 0.0496. The Morgan fingerprint density at radius 2 is 2.05 bits per heavy atom. The first-order chi connectivity index (χ1) is 9.15. The SMILES string of the molecule is Nc1ccc(-c2cc(=O)c3ncccc3o2)cc1F. The zero-order chi connectivity index (χ0) is 13.4. The highest BCUT2D eigenvalue weighted by Crippen LogP contribution is 2.24. The van der Waals surface area contributed by atoms with E-state index in [1.54, 1.807) is 18.2 Å². The van der Waals surface area contributed by atoms with Gasteiger partial charge in [0.2, 0.25) is 5.43 Å². The van der Waals surface area contributed by atoms with E-state index in [1.165, 1.54) is 24.4 Å². The normalized spacial score (nSPS) is 10.8. The van der Waals surface area contributed by atoms with Crippen LogP contribution in [0.4, 0.5) is 10.1 Å². The molecule has 0 aliphatic rings. The van der Waals surface area contributed by atoms with Crippen LogP contribution in [0.15, 0.2) is 51.8 Å². The number of pyridine rings is 1. The average Bonchev–Trinajstić information content (AvgIpc) is 2.42. The first-order valence-electron chi connectivity index (χ1n) is 5.59. The molecule has 0 saturated carbocycles. The van der Waals surface area contributed by atoms with Crippen molar-refractivity contribution in [3.8, 4) is 11.3 Å². The summed E-state index contributed by atoms with van der Waals surface area (Å²) < 4.78 is 19.0. The van der Waals surface area contributed by atoms with E-state index in [-0.39, 0.29) is 22.4 Å². The lowest BCUT2D eigenvalue weighted by Crippen LogP contribution is -2.02. The number of nitrogen functional groups attached to an aromatic ring is 1. The standard InChI is InChI=1S/C14H9FN2O2/c15-9-6-8(3-4-10(9)16)13-7-11(18)14-12(19-13)2-1-5-17-14/h1-7H,16H2. The van der Waals surface area contributed by atoms with E-state index in [0.717, 1.165) is 0 Å². The average molecular weight is 256 g/mol. The highest BCUT2D eigenvalue weighted by molar-refractivity contribution is 5.74. The van der Waals surface area contributed by atoms with E-state index in [2.05, 4.69) is 4.98 Å². The predicted molar refractivity (Wildman–Crippen MR) is 70.1 cm³/mol. The van der Waals surface area contributed by atoms with Crippen molar-refractivity contribution in [1.82, 2.24) is 4.98 Å². The van der Waals surface area contributed by atoms with E-state index < -0.39 is 5.82 Å². The van der Waals surface area contributed by atoms with Gasteiger partial charge in [0.05, 0.1) is 5.69 Å². The molecule has 0 atom stereocenters. The third-order valence-electron chi connectivity index (χ3n) is 2.77. The maximum Gasteiger partial charge on any atom is 0.211 e. The molecule has 0 bridgehead atoms. The fraction of sp³-hybridized carbons (Fsp3) is 0. The number of anilines is 1. The molecule has 3 aromatic rings. The van der Waals surface area contributed by atoms with Gasteiger partial charge in [0.1, 0.15) is 11.6 Å². The van der Waals surface area contributed by atoms with Crippen LogP contribution in [-0.4, -0.2) is 4.98 Å². The summed E-state index contributed by atoms with van der Waals surface area (Å²) in [5, 5.41) is 0. The number of nitrogens with zero attached hydrogens (tertiary/aromatic N) is 1. The van der Waals surface area contributed by atoms with Crippen molar-refractivity contribution in [2.45, 2.75) is 0 Å². The summed E-state index contributed by atoms with van der Waals surface area (Å²) in [4.78, 5) is 15.8. The summed E-state index contributed by atoms with van der Waals surface area (Å²) in [6, 6.07) is 8.85. The van der Waals surface area contributed by atoms with Crippen LogP contribution in [0.1, 0.15) is 0 Å². The lowest BCUT2D eigenvalue weighted by Gasteiger charge is -2.04. The fourth-order valence-corrected chi connectivity index (χ4v) is 1.82. The van der Waals surface area contributed by atoms with Gasteiger partial charge in [-0.15, -0.1) is 0 Å². The molecule has 0 unspecified atom stereocenters. The molecule has 0 amide bonds. The van der Waals surface area contributed by atoms with E-state index in [9.17, 15) is 9.18 Å². The van der Waals surface area contributed by atoms with Crippen molar-refractivity contribution in [1.29, 1.82) is 0 Å². The molecule has 2 N–H and O–H groups in total. The van der Waals surface area contributed by atoms with Gasteiger partial charge in [-0.25, -0.2) is 9.37 Å². The van der Waals surface area contributed by atoms with E-state index in [0.29, 0.717) is 11.1 Å². The third-order valence-corrected chi connectivity index (χ3v) is 2.77. The van der Waals surface area contributed by atoms with Gasteiger partial charge in [-0.1, -0.05) is 0 Å². The van der Waals surface area contributed by atoms with Crippen molar-refractivity contribution in [3.05, 3.63) is 58.6 Å². The molecule has 0 spiro atoms. The number of aromatic nitrogens is 1. The van der Waals surface area contributed by atoms with Gasteiger partial charge in [-0.05, 0) is 30.3 Å². The molecule has 5 heteroatoms. The van der Waals surface area contributed by atoms with Crippen molar-refractivity contribution in [2.75, 3.05) is 5.73 Å². The Kier molecular flexibility index (Phi) is 2.52. The summed E-state index contributed by atoms with van der Waals surface area (Å²) in [7, 11) is 0. The first-order valence-corrected chi connectivity index (χ1v) is 5.59. The van der Waals surface area contributed by atoms with E-state index in [1.807, 2.05) is 0 Å². The van der Waals surface area contributed by atoms with Crippen LogP contribution >= 0.6 is 0 Å². The molecule has 3 rings (SSSR count). The molecule has 0 aliphatic carbocycles. The minimum Gasteiger partial charge on any atom is -0.454 e. The van der Waals surface area contributed by atoms with E-state index >= 15 is 0 Å². The van der Waals surface area contributed by atoms with Gasteiger partial charge >= 0.3 is 0 Å². The van der Waals surface area contributed by atoms with Crippen LogP contribution in [0.3, 0.4) is 0 Å². The zero-order valence-corrected chi connectivity index (χ0v) is 9.76. The molecule has 0 aliphatic heterocycles. The quantitative estimate of drug-likeness (QED) is 0.679. The Hall–Kier alpha value is -2.69. The van der Waals surface area contributed by atoms with Gasteiger partial charge < -0.3 is 10.2 Å². The largest absolute Gasteiger partial charge is 0.454 e. The second kappa shape index (κ2) is 4.20. The number of hydrogen-bond acceptors (Lipinski definition) is 4. The Morgan fingerprint density at radius 3 is 2.84 bits per heavy atom. The highest BCUT2D eigenvalue weighted by atomic mass is 19.1. The van der Waals surface area contributed by atoms with Gasteiger partial charge in [-0.2, -0.15) is 0 Å². The van der Waals surface area contributed by atoms with Gasteiger partial charge in [0.25, 0.3) is 0 Å². The number of rotatable bonds is 1. The second-order valence-corrected chi connectivity index (χ2v) is 4.06. The van der Waals surface area contributed by atoms with Crippen molar-refractivity contribution >= 4 is 16.8 Å². The first kappa shape index (κ1) is 11.4. The molecular weight excluding hydrogens is 247 g/mol. The Labute approximate surface area is 107 Å². The Balaban J connectivity index is 2.25. The second-order valence-electron chi connectivity index (χ2n) is 4.06. The van der Waals surface area contributed by atoms with Crippen LogP contribution in [0.2, 0.25) is 0 Å². The molecule has 4 nitrogen and oxygen atoms in total. The monoisotopic (exact) mass is 256 g/mol. The fourth-order valence-electron chi connectivity index (χ4n) is 1.82. The van der Waals surface area contributed by atoms with Crippen LogP contribution in [-0.2, 0) is 0 Å². The third kappa shape index (κ3) is 1.95. The molecule has 1 aromatic carbocycles. The van der Waals surface area contributed by atoms with Crippen LogP contribution in [0.5, 0.6) is 0 Å². The molecule has 2 heterocycles. The summed E-state index contributed by atoms with van der Waals surface area (Å²) in [6.45, 7) is 0. The molecular formula is C14H9FN2O2. The number of hydrogen-bond donors (Lipinski definition) is 1. The van der Waals surface area contributed by atoms with Crippen molar-refractivity contribution in [3.63, 3.8) is 0 Å². The van der Waals surface area contributed by atoms with Crippen molar-refractivity contribution < 1.29 is 8.81 Å². The van der Waals surface area contributed by atoms with Crippen LogP contribution in [0, 0.1) is 5.82 Å². The summed E-state index contributed by atoms with van der Waals surface area (Å²) in [5.74, 6) is -0.268. The smallest absolute Gasteiger partial charge is 0.211 e. The lowest BCUT2D eigenvalue weighted by molar-refractivity contribution is 0.611. The topological polar surface area (TPSA) is 69.1 Å². The number of benzene rings is 1. The molecule has 0 radical (unpaired) electrons. The molecule has 19 heavy (non-hydrogen) atoms. The lowest BCUT2D eigenvalue weighted by atomic mass is 10.1. The summed E-state index contributed by atoms with van der Waals surface area (Å²) >= 11 is 0. The zero-order valence-electron chi connectivity index (χ0n) is 9.76. The summed E-state index contributed by atoms with van der Waals surface area (Å²) in [5.41, 5.74) is 6.26.